The molecule has 0 bridgehead atoms. The Morgan fingerprint density at radius 1 is 1.12 bits per heavy atom. The molecule has 1 aromatic carbocycles. The summed E-state index contributed by atoms with van der Waals surface area (Å²) in [5.41, 5.74) is 3.92. The van der Waals surface area contributed by atoms with Gasteiger partial charge in [0.2, 0.25) is 0 Å². The van der Waals surface area contributed by atoms with Crippen molar-refractivity contribution in [1.82, 2.24) is 0 Å². The minimum absolute atomic E-state index is 0.0834. The monoisotopic (exact) mass is 227 g/mol. The standard InChI is InChI=1S/C16H21N/c1-13-6-7-15(10-14(13)2)11-16(12-17)8-4-3-5-9-16/h6-7,10H,3-5,8-9,11H2,1-2H3. The molecule has 0 heterocycles. The van der Waals surface area contributed by atoms with Crippen molar-refractivity contribution < 1.29 is 0 Å². The average molecular weight is 227 g/mol. The molecule has 1 nitrogen and oxygen atoms in total. The predicted octanol–water partition coefficient (Wildman–Crippen LogP) is 4.32. The van der Waals surface area contributed by atoms with Crippen LogP contribution in [0.4, 0.5) is 0 Å². The maximum absolute atomic E-state index is 9.48. The minimum atomic E-state index is -0.0834. The lowest BCUT2D eigenvalue weighted by molar-refractivity contribution is 0.266. The van der Waals surface area contributed by atoms with Gasteiger partial charge in [0.25, 0.3) is 0 Å². The molecule has 0 spiro atoms. The first-order valence-electron chi connectivity index (χ1n) is 6.63. The number of nitrogens with zero attached hydrogens (tertiary/aromatic N) is 1. The third-order valence-electron chi connectivity index (χ3n) is 4.16. The van der Waals surface area contributed by atoms with Crippen molar-refractivity contribution in [3.8, 4) is 6.07 Å². The number of nitriles is 1. The zero-order chi connectivity index (χ0) is 12.3. The van der Waals surface area contributed by atoms with Crippen LogP contribution < -0.4 is 0 Å². The maximum atomic E-state index is 9.48. The third kappa shape index (κ3) is 2.69. The number of aryl methyl sites for hydroxylation is 2. The van der Waals surface area contributed by atoms with Crippen LogP contribution in [-0.4, -0.2) is 0 Å². The number of rotatable bonds is 2. The van der Waals surface area contributed by atoms with Gasteiger partial charge in [0.05, 0.1) is 11.5 Å². The van der Waals surface area contributed by atoms with Gasteiger partial charge in [-0.1, -0.05) is 37.5 Å². The van der Waals surface area contributed by atoms with E-state index in [0.29, 0.717) is 0 Å². The Labute approximate surface area is 104 Å². The Balaban J connectivity index is 2.18. The highest BCUT2D eigenvalue weighted by molar-refractivity contribution is 5.31. The Hall–Kier alpha value is -1.29. The van der Waals surface area contributed by atoms with Crippen LogP contribution in [0.3, 0.4) is 0 Å². The molecule has 1 heteroatoms. The second kappa shape index (κ2) is 4.92. The van der Waals surface area contributed by atoms with Gasteiger partial charge in [-0.2, -0.15) is 5.26 Å². The van der Waals surface area contributed by atoms with Gasteiger partial charge in [-0.05, 0) is 49.8 Å². The largest absolute Gasteiger partial charge is 0.198 e. The molecule has 1 aromatic rings. The van der Waals surface area contributed by atoms with Crippen molar-refractivity contribution in [3.63, 3.8) is 0 Å². The first kappa shape index (κ1) is 12.2. The molecular weight excluding hydrogens is 206 g/mol. The number of hydrogen-bond donors (Lipinski definition) is 0. The molecule has 1 aliphatic carbocycles. The summed E-state index contributed by atoms with van der Waals surface area (Å²) in [6.07, 6.45) is 6.84. The summed E-state index contributed by atoms with van der Waals surface area (Å²) in [4.78, 5) is 0. The molecule has 0 aromatic heterocycles. The second-order valence-electron chi connectivity index (χ2n) is 5.55. The van der Waals surface area contributed by atoms with Crippen molar-refractivity contribution in [3.05, 3.63) is 34.9 Å². The van der Waals surface area contributed by atoms with Crippen LogP contribution in [0.25, 0.3) is 0 Å². The van der Waals surface area contributed by atoms with Crippen LogP contribution in [-0.2, 0) is 6.42 Å². The smallest absolute Gasteiger partial charge is 0.0693 e. The quantitative estimate of drug-likeness (QED) is 0.738. The highest BCUT2D eigenvalue weighted by Crippen LogP contribution is 2.38. The lowest BCUT2D eigenvalue weighted by atomic mass is 9.71. The van der Waals surface area contributed by atoms with E-state index in [0.717, 1.165) is 19.3 Å². The van der Waals surface area contributed by atoms with Crippen LogP contribution in [0.1, 0.15) is 48.8 Å². The molecule has 17 heavy (non-hydrogen) atoms. The van der Waals surface area contributed by atoms with E-state index in [1.165, 1.54) is 36.0 Å². The number of hydrogen-bond acceptors (Lipinski definition) is 1. The first-order valence-corrected chi connectivity index (χ1v) is 6.63. The summed E-state index contributed by atoms with van der Waals surface area (Å²) in [5, 5.41) is 9.48. The van der Waals surface area contributed by atoms with Gasteiger partial charge < -0.3 is 0 Å². The summed E-state index contributed by atoms with van der Waals surface area (Å²) in [6.45, 7) is 4.29. The summed E-state index contributed by atoms with van der Waals surface area (Å²) >= 11 is 0. The molecule has 1 saturated carbocycles. The Morgan fingerprint density at radius 2 is 1.82 bits per heavy atom. The van der Waals surface area contributed by atoms with Crippen molar-refractivity contribution in [2.24, 2.45) is 5.41 Å². The fraction of sp³-hybridized carbons (Fsp3) is 0.562. The van der Waals surface area contributed by atoms with Gasteiger partial charge in [0, 0.05) is 0 Å². The van der Waals surface area contributed by atoms with Gasteiger partial charge in [-0.15, -0.1) is 0 Å². The third-order valence-corrected chi connectivity index (χ3v) is 4.16. The average Bonchev–Trinajstić information content (AvgIpc) is 2.35. The molecule has 0 unspecified atom stereocenters. The molecule has 0 radical (unpaired) electrons. The highest BCUT2D eigenvalue weighted by Gasteiger charge is 2.32. The topological polar surface area (TPSA) is 23.8 Å². The van der Waals surface area contributed by atoms with Gasteiger partial charge in [0.1, 0.15) is 0 Å². The van der Waals surface area contributed by atoms with E-state index in [9.17, 15) is 5.26 Å². The molecule has 1 fully saturated rings. The van der Waals surface area contributed by atoms with E-state index in [1.807, 2.05) is 0 Å². The Kier molecular flexibility index (Phi) is 3.52. The van der Waals surface area contributed by atoms with Crippen LogP contribution in [0, 0.1) is 30.6 Å². The zero-order valence-corrected chi connectivity index (χ0v) is 10.9. The van der Waals surface area contributed by atoms with E-state index in [2.05, 4.69) is 38.1 Å². The summed E-state index contributed by atoms with van der Waals surface area (Å²) < 4.78 is 0. The number of benzene rings is 1. The molecular formula is C16H21N. The van der Waals surface area contributed by atoms with E-state index in [-0.39, 0.29) is 5.41 Å². The summed E-state index contributed by atoms with van der Waals surface area (Å²) in [7, 11) is 0. The molecule has 1 aliphatic rings. The van der Waals surface area contributed by atoms with Gasteiger partial charge in [0.15, 0.2) is 0 Å². The van der Waals surface area contributed by atoms with Crippen molar-refractivity contribution in [1.29, 1.82) is 5.26 Å². The lowest BCUT2D eigenvalue weighted by Crippen LogP contribution is -2.24. The second-order valence-corrected chi connectivity index (χ2v) is 5.55. The Morgan fingerprint density at radius 3 is 2.41 bits per heavy atom. The highest BCUT2D eigenvalue weighted by atomic mass is 14.4. The summed E-state index contributed by atoms with van der Waals surface area (Å²) in [5.74, 6) is 0. The first-order chi connectivity index (χ1) is 8.15. The predicted molar refractivity (Wildman–Crippen MR) is 70.8 cm³/mol. The fourth-order valence-corrected chi connectivity index (χ4v) is 2.86. The van der Waals surface area contributed by atoms with Crippen LogP contribution in [0.2, 0.25) is 0 Å². The molecule has 2 rings (SSSR count). The van der Waals surface area contributed by atoms with Gasteiger partial charge >= 0.3 is 0 Å². The van der Waals surface area contributed by atoms with Crippen molar-refractivity contribution >= 4 is 0 Å². The molecule has 0 saturated heterocycles. The van der Waals surface area contributed by atoms with Crippen molar-refractivity contribution in [2.45, 2.75) is 52.4 Å². The molecule has 0 atom stereocenters. The molecule has 0 amide bonds. The van der Waals surface area contributed by atoms with E-state index >= 15 is 0 Å². The van der Waals surface area contributed by atoms with Crippen LogP contribution in [0.15, 0.2) is 18.2 Å². The van der Waals surface area contributed by atoms with Crippen LogP contribution >= 0.6 is 0 Å². The summed E-state index contributed by atoms with van der Waals surface area (Å²) in [6, 6.07) is 9.22. The molecule has 0 aliphatic heterocycles. The van der Waals surface area contributed by atoms with Gasteiger partial charge in [-0.25, -0.2) is 0 Å². The van der Waals surface area contributed by atoms with Crippen LogP contribution in [0.5, 0.6) is 0 Å². The van der Waals surface area contributed by atoms with Crippen molar-refractivity contribution in [2.75, 3.05) is 0 Å². The van der Waals surface area contributed by atoms with E-state index in [4.69, 9.17) is 0 Å². The SMILES string of the molecule is Cc1ccc(CC2(C#N)CCCCC2)cc1C. The zero-order valence-electron chi connectivity index (χ0n) is 10.9. The van der Waals surface area contributed by atoms with E-state index < -0.39 is 0 Å². The normalized spacial score (nSPS) is 18.6. The maximum Gasteiger partial charge on any atom is 0.0693 e. The van der Waals surface area contributed by atoms with E-state index in [1.54, 1.807) is 0 Å². The molecule has 0 N–H and O–H groups in total. The lowest BCUT2D eigenvalue weighted by Gasteiger charge is -2.30. The van der Waals surface area contributed by atoms with Gasteiger partial charge in [-0.3, -0.25) is 0 Å². The molecule has 90 valence electrons. The Bertz CT molecular complexity index is 433. The fourth-order valence-electron chi connectivity index (χ4n) is 2.86. The minimum Gasteiger partial charge on any atom is -0.198 e.